The first-order valence-corrected chi connectivity index (χ1v) is 11.1. The maximum atomic E-state index is 12.8. The molecule has 2 aromatic heterocycles. The van der Waals surface area contributed by atoms with Crippen molar-refractivity contribution in [2.45, 2.75) is 46.5 Å². The lowest BCUT2D eigenvalue weighted by Gasteiger charge is -2.21. The average Bonchev–Trinajstić information content (AvgIpc) is 3.18. The standard InChI is InChI=1S/C24H30N2O8/c1-6-31-21(27)19(22(28)32-7-2)16-10-11-17(26(16)18-14-15(5)12-13-25-18)20(23(29)33-8-3)24(30)34-9-4/h10-14,19-20H,6-9H2,1-5H3. The van der Waals surface area contributed by atoms with Crippen LogP contribution in [0.1, 0.15) is 56.5 Å². The van der Waals surface area contributed by atoms with Crippen LogP contribution in [0.25, 0.3) is 5.82 Å². The van der Waals surface area contributed by atoms with Crippen molar-refractivity contribution in [2.24, 2.45) is 0 Å². The summed E-state index contributed by atoms with van der Waals surface area (Å²) in [6.45, 7) is 8.45. The molecule has 10 heteroatoms. The molecule has 10 nitrogen and oxygen atoms in total. The van der Waals surface area contributed by atoms with Crippen LogP contribution < -0.4 is 0 Å². The quantitative estimate of drug-likeness (QED) is 0.275. The third kappa shape index (κ3) is 6.00. The second-order valence-electron chi connectivity index (χ2n) is 7.08. The fourth-order valence-corrected chi connectivity index (χ4v) is 3.40. The van der Waals surface area contributed by atoms with E-state index >= 15 is 0 Å². The highest BCUT2D eigenvalue weighted by molar-refractivity contribution is 6.02. The predicted molar refractivity (Wildman–Crippen MR) is 120 cm³/mol. The van der Waals surface area contributed by atoms with Gasteiger partial charge in [-0.15, -0.1) is 0 Å². The summed E-state index contributed by atoms with van der Waals surface area (Å²) in [7, 11) is 0. The van der Waals surface area contributed by atoms with Crippen molar-refractivity contribution in [3.8, 4) is 5.82 Å². The molecule has 0 spiro atoms. The molecule has 0 bridgehead atoms. The number of ether oxygens (including phenoxy) is 4. The lowest BCUT2D eigenvalue weighted by molar-refractivity contribution is -0.158. The largest absolute Gasteiger partial charge is 0.465 e. The Balaban J connectivity index is 2.82. The van der Waals surface area contributed by atoms with Gasteiger partial charge in [-0.3, -0.25) is 23.7 Å². The van der Waals surface area contributed by atoms with Gasteiger partial charge < -0.3 is 18.9 Å². The van der Waals surface area contributed by atoms with Crippen molar-refractivity contribution in [1.29, 1.82) is 0 Å². The minimum atomic E-state index is -1.47. The van der Waals surface area contributed by atoms with Crippen LogP contribution in [0.4, 0.5) is 0 Å². The van der Waals surface area contributed by atoms with Gasteiger partial charge in [0.05, 0.1) is 37.8 Å². The van der Waals surface area contributed by atoms with Crippen LogP contribution in [0.5, 0.6) is 0 Å². The molecule has 0 aromatic carbocycles. The molecule has 0 saturated carbocycles. The van der Waals surface area contributed by atoms with Crippen molar-refractivity contribution in [3.05, 3.63) is 47.4 Å². The maximum Gasteiger partial charge on any atom is 0.326 e. The number of carbonyl (C=O) groups is 4. The van der Waals surface area contributed by atoms with Gasteiger partial charge in [0.2, 0.25) is 0 Å². The monoisotopic (exact) mass is 474 g/mol. The van der Waals surface area contributed by atoms with Gasteiger partial charge in [0.1, 0.15) is 5.82 Å². The molecule has 2 rings (SSSR count). The molecule has 0 aliphatic heterocycles. The van der Waals surface area contributed by atoms with Crippen LogP contribution in [0, 0.1) is 6.92 Å². The van der Waals surface area contributed by atoms with E-state index in [9.17, 15) is 19.2 Å². The molecule has 0 saturated heterocycles. The van der Waals surface area contributed by atoms with Crippen LogP contribution in [0.2, 0.25) is 0 Å². The first kappa shape index (κ1) is 26.6. The summed E-state index contributed by atoms with van der Waals surface area (Å²) in [5, 5.41) is 0. The summed E-state index contributed by atoms with van der Waals surface area (Å²) in [5.74, 6) is -5.98. The van der Waals surface area contributed by atoms with E-state index in [2.05, 4.69) is 4.98 Å². The molecule has 0 aliphatic rings. The van der Waals surface area contributed by atoms with Crippen molar-refractivity contribution in [3.63, 3.8) is 0 Å². The van der Waals surface area contributed by atoms with Gasteiger partial charge in [-0.1, -0.05) is 0 Å². The second-order valence-corrected chi connectivity index (χ2v) is 7.08. The Morgan fingerprint density at radius 2 is 1.12 bits per heavy atom. The number of hydrogen-bond donors (Lipinski definition) is 0. The summed E-state index contributed by atoms with van der Waals surface area (Å²) in [6.07, 6.45) is 1.53. The van der Waals surface area contributed by atoms with Crippen LogP contribution in [0.3, 0.4) is 0 Å². The molecule has 0 unspecified atom stereocenters. The number of esters is 4. The van der Waals surface area contributed by atoms with E-state index in [4.69, 9.17) is 18.9 Å². The molecule has 0 N–H and O–H groups in total. The first-order chi connectivity index (χ1) is 16.3. The van der Waals surface area contributed by atoms with E-state index in [0.717, 1.165) is 5.56 Å². The van der Waals surface area contributed by atoms with Gasteiger partial charge in [-0.05, 0) is 64.4 Å². The SMILES string of the molecule is CCOC(=O)C(C(=O)OCC)c1ccc(C(C(=O)OCC)C(=O)OCC)n1-c1cc(C)ccn1. The van der Waals surface area contributed by atoms with E-state index in [1.807, 2.05) is 6.92 Å². The lowest BCUT2D eigenvalue weighted by Crippen LogP contribution is -2.31. The minimum absolute atomic E-state index is 0.0409. The Kier molecular flexibility index (Phi) is 9.78. The van der Waals surface area contributed by atoms with Gasteiger partial charge in [-0.2, -0.15) is 0 Å². The highest BCUT2D eigenvalue weighted by Crippen LogP contribution is 2.31. The highest BCUT2D eigenvalue weighted by atomic mass is 16.6. The van der Waals surface area contributed by atoms with Gasteiger partial charge in [-0.25, -0.2) is 4.98 Å². The third-order valence-electron chi connectivity index (χ3n) is 4.75. The van der Waals surface area contributed by atoms with Crippen LogP contribution in [-0.2, 0) is 38.1 Å². The van der Waals surface area contributed by atoms with Crippen molar-refractivity contribution < 1.29 is 38.1 Å². The van der Waals surface area contributed by atoms with Gasteiger partial charge in [0, 0.05) is 6.20 Å². The van der Waals surface area contributed by atoms with Gasteiger partial charge in [0.15, 0.2) is 11.8 Å². The van der Waals surface area contributed by atoms with Gasteiger partial charge in [0.25, 0.3) is 0 Å². The van der Waals surface area contributed by atoms with Crippen LogP contribution >= 0.6 is 0 Å². The number of nitrogens with zero attached hydrogens (tertiary/aromatic N) is 2. The highest BCUT2D eigenvalue weighted by Gasteiger charge is 2.40. The zero-order valence-corrected chi connectivity index (χ0v) is 20.0. The number of carbonyl (C=O) groups excluding carboxylic acids is 4. The van der Waals surface area contributed by atoms with Crippen molar-refractivity contribution >= 4 is 23.9 Å². The normalized spacial score (nSPS) is 10.8. The average molecular weight is 475 g/mol. The molecule has 184 valence electrons. The van der Waals surface area contributed by atoms with E-state index in [1.54, 1.807) is 39.8 Å². The fraction of sp³-hybridized carbons (Fsp3) is 0.458. The molecule has 0 aliphatic carbocycles. The Morgan fingerprint density at radius 3 is 1.44 bits per heavy atom. The Hall–Kier alpha value is -3.69. The van der Waals surface area contributed by atoms with Crippen LogP contribution in [-0.4, -0.2) is 59.9 Å². The zero-order valence-electron chi connectivity index (χ0n) is 20.0. The summed E-state index contributed by atoms with van der Waals surface area (Å²) in [5.41, 5.74) is 1.08. The maximum absolute atomic E-state index is 12.8. The summed E-state index contributed by atoms with van der Waals surface area (Å²) in [4.78, 5) is 55.6. The fourth-order valence-electron chi connectivity index (χ4n) is 3.40. The zero-order chi connectivity index (χ0) is 25.3. The van der Waals surface area contributed by atoms with Gasteiger partial charge >= 0.3 is 23.9 Å². The third-order valence-corrected chi connectivity index (χ3v) is 4.75. The molecule has 0 radical (unpaired) electrons. The summed E-state index contributed by atoms with van der Waals surface area (Å²) in [6, 6.07) is 6.37. The Morgan fingerprint density at radius 1 is 0.735 bits per heavy atom. The van der Waals surface area contributed by atoms with Crippen LogP contribution in [0.15, 0.2) is 30.5 Å². The molecular formula is C24H30N2O8. The number of pyridine rings is 1. The molecule has 34 heavy (non-hydrogen) atoms. The summed E-state index contributed by atoms with van der Waals surface area (Å²) >= 11 is 0. The van der Waals surface area contributed by atoms with E-state index in [0.29, 0.717) is 0 Å². The molecule has 2 heterocycles. The number of hydrogen-bond acceptors (Lipinski definition) is 9. The Bertz CT molecular complexity index is 936. The molecular weight excluding hydrogens is 444 g/mol. The summed E-state index contributed by atoms with van der Waals surface area (Å²) < 4.78 is 21.9. The van der Waals surface area contributed by atoms with E-state index in [1.165, 1.54) is 22.9 Å². The molecule has 0 fully saturated rings. The number of aromatic nitrogens is 2. The Labute approximate surface area is 198 Å². The second kappa shape index (κ2) is 12.5. The molecule has 0 atom stereocenters. The van der Waals surface area contributed by atoms with E-state index < -0.39 is 35.7 Å². The van der Waals surface area contributed by atoms with Crippen molar-refractivity contribution in [2.75, 3.05) is 26.4 Å². The smallest absolute Gasteiger partial charge is 0.326 e. The first-order valence-electron chi connectivity index (χ1n) is 11.1. The number of rotatable bonds is 11. The molecule has 2 aromatic rings. The topological polar surface area (TPSA) is 123 Å². The minimum Gasteiger partial charge on any atom is -0.465 e. The predicted octanol–water partition coefficient (Wildman–Crippen LogP) is 2.60. The van der Waals surface area contributed by atoms with Crippen molar-refractivity contribution in [1.82, 2.24) is 9.55 Å². The number of aryl methyl sites for hydroxylation is 1. The van der Waals surface area contributed by atoms with E-state index in [-0.39, 0.29) is 43.6 Å². The molecule has 0 amide bonds. The lowest BCUT2D eigenvalue weighted by atomic mass is 10.1.